The molecule has 5 rings (SSSR count). The minimum absolute atomic E-state index is 0.0710. The second-order valence-corrected chi connectivity index (χ2v) is 8.53. The third-order valence-electron chi connectivity index (χ3n) is 6.36. The lowest BCUT2D eigenvalue weighted by Gasteiger charge is -2.36. The van der Waals surface area contributed by atoms with E-state index in [9.17, 15) is 9.90 Å². The van der Waals surface area contributed by atoms with Crippen LogP contribution in [-0.2, 0) is 0 Å². The summed E-state index contributed by atoms with van der Waals surface area (Å²) < 4.78 is 0. The van der Waals surface area contributed by atoms with Crippen LogP contribution in [0.25, 0.3) is 0 Å². The van der Waals surface area contributed by atoms with Crippen LogP contribution in [0.3, 0.4) is 0 Å². The number of allylic oxidation sites excluding steroid dienone is 1. The molecule has 1 heterocycles. The van der Waals surface area contributed by atoms with Gasteiger partial charge in [0.2, 0.25) is 0 Å². The zero-order valence-electron chi connectivity index (χ0n) is 18.5. The van der Waals surface area contributed by atoms with Gasteiger partial charge in [-0.2, -0.15) is 5.10 Å². The van der Waals surface area contributed by atoms with Crippen LogP contribution < -0.4 is 5.01 Å². The van der Waals surface area contributed by atoms with E-state index in [2.05, 4.69) is 38.1 Å². The van der Waals surface area contributed by atoms with Crippen LogP contribution in [-0.4, -0.2) is 23.1 Å². The Morgan fingerprint density at radius 1 is 0.906 bits per heavy atom. The van der Waals surface area contributed by atoms with Gasteiger partial charge in [-0.1, -0.05) is 71.8 Å². The number of hydrogen-bond acceptors (Lipinski definition) is 4. The lowest BCUT2D eigenvalue weighted by molar-refractivity contribution is 0.103. The molecule has 32 heavy (non-hydrogen) atoms. The summed E-state index contributed by atoms with van der Waals surface area (Å²) in [5.74, 6) is -0.182. The fourth-order valence-electron chi connectivity index (χ4n) is 4.64. The Bertz CT molecular complexity index is 1250. The third kappa shape index (κ3) is 3.28. The van der Waals surface area contributed by atoms with Gasteiger partial charge in [-0.05, 0) is 44.0 Å². The van der Waals surface area contributed by atoms with Crippen molar-refractivity contribution in [2.75, 3.05) is 11.6 Å². The van der Waals surface area contributed by atoms with E-state index in [-0.39, 0.29) is 11.7 Å². The number of anilines is 1. The number of hydrogen-bond donors (Lipinski definition) is 1. The molecule has 4 nitrogen and oxygen atoms in total. The Labute approximate surface area is 188 Å². The zero-order chi connectivity index (χ0) is 22.4. The van der Waals surface area contributed by atoms with Crippen LogP contribution >= 0.6 is 0 Å². The highest BCUT2D eigenvalue weighted by Gasteiger charge is 2.36. The van der Waals surface area contributed by atoms with Crippen molar-refractivity contribution in [1.82, 2.24) is 0 Å². The van der Waals surface area contributed by atoms with E-state index in [0.29, 0.717) is 23.2 Å². The summed E-state index contributed by atoms with van der Waals surface area (Å²) in [6.07, 6.45) is 2.97. The second kappa shape index (κ2) is 7.88. The number of aliphatic hydroxyl groups excluding tert-OH is 1. The minimum Gasteiger partial charge on any atom is -0.384 e. The van der Waals surface area contributed by atoms with Crippen molar-refractivity contribution in [3.8, 4) is 0 Å². The zero-order valence-corrected chi connectivity index (χ0v) is 18.5. The number of aliphatic hydroxyl groups is 1. The molecule has 0 bridgehead atoms. The summed E-state index contributed by atoms with van der Waals surface area (Å²) >= 11 is 0. The van der Waals surface area contributed by atoms with E-state index in [0.717, 1.165) is 28.1 Å². The van der Waals surface area contributed by atoms with Crippen molar-refractivity contribution >= 4 is 17.2 Å². The fourth-order valence-corrected chi connectivity index (χ4v) is 4.64. The average molecular weight is 423 g/mol. The third-order valence-corrected chi connectivity index (χ3v) is 6.36. The molecule has 160 valence electrons. The first-order chi connectivity index (χ1) is 15.5. The van der Waals surface area contributed by atoms with Crippen LogP contribution in [0.4, 0.5) is 5.69 Å². The maximum absolute atomic E-state index is 13.5. The molecule has 0 spiro atoms. The number of hydrazone groups is 1. The van der Waals surface area contributed by atoms with E-state index in [1.807, 2.05) is 54.4 Å². The predicted octanol–water partition coefficient (Wildman–Crippen LogP) is 5.47. The standard InChI is InChI=1S/C28H26N2O2/c1-4-30-23-15-13-22(28(32)20-11-7-18(3)8-12-20)26-24(31)16-14-21(25(23)26)27(29-30)19-9-5-17(2)6-10-19/h5-16,21,24,31H,4H2,1-3H3. The van der Waals surface area contributed by atoms with Crippen LogP contribution in [0, 0.1) is 13.8 Å². The Morgan fingerprint density at radius 3 is 2.22 bits per heavy atom. The van der Waals surface area contributed by atoms with Crippen LogP contribution in [0.5, 0.6) is 0 Å². The number of aryl methyl sites for hydroxylation is 2. The number of carbonyl (C=O) groups excluding carboxylic acids is 1. The molecular formula is C28H26N2O2. The molecule has 0 saturated carbocycles. The molecule has 4 heteroatoms. The SMILES string of the molecule is CCN1N=C(c2ccc(C)cc2)C2C=CC(O)c3c(C(=O)c4ccc(C)cc4)ccc1c32. The average Bonchev–Trinajstić information content (AvgIpc) is 2.81. The Kier molecular flexibility index (Phi) is 5.03. The van der Waals surface area contributed by atoms with Crippen LogP contribution in [0.15, 0.2) is 77.9 Å². The highest BCUT2D eigenvalue weighted by molar-refractivity contribution is 6.13. The van der Waals surface area contributed by atoms with Crippen molar-refractivity contribution < 1.29 is 9.90 Å². The van der Waals surface area contributed by atoms with E-state index in [1.165, 1.54) is 5.56 Å². The molecule has 0 amide bonds. The molecule has 0 saturated heterocycles. The van der Waals surface area contributed by atoms with Crippen molar-refractivity contribution in [3.05, 3.63) is 112 Å². The highest BCUT2D eigenvalue weighted by atomic mass is 16.3. The number of rotatable bonds is 4. The largest absolute Gasteiger partial charge is 0.384 e. The molecule has 0 fully saturated rings. The van der Waals surface area contributed by atoms with Gasteiger partial charge < -0.3 is 5.11 Å². The first-order valence-corrected chi connectivity index (χ1v) is 11.1. The summed E-state index contributed by atoms with van der Waals surface area (Å²) in [5.41, 5.74) is 8.08. The minimum atomic E-state index is -0.832. The second-order valence-electron chi connectivity index (χ2n) is 8.53. The quantitative estimate of drug-likeness (QED) is 0.448. The molecule has 3 aromatic rings. The summed E-state index contributed by atoms with van der Waals surface area (Å²) in [4.78, 5) is 13.5. The van der Waals surface area contributed by atoms with Crippen LogP contribution in [0.2, 0.25) is 0 Å². The maximum atomic E-state index is 13.5. The molecule has 2 unspecified atom stereocenters. The van der Waals surface area contributed by atoms with Gasteiger partial charge in [-0.25, -0.2) is 0 Å². The first-order valence-electron chi connectivity index (χ1n) is 11.1. The smallest absolute Gasteiger partial charge is 0.193 e. The lowest BCUT2D eigenvalue weighted by Crippen LogP contribution is -2.32. The highest BCUT2D eigenvalue weighted by Crippen LogP contribution is 2.45. The van der Waals surface area contributed by atoms with Gasteiger partial charge in [0.05, 0.1) is 17.5 Å². The first kappa shape index (κ1) is 20.4. The molecule has 0 radical (unpaired) electrons. The van der Waals surface area contributed by atoms with Gasteiger partial charge in [-0.3, -0.25) is 9.80 Å². The number of benzene rings is 3. The molecule has 2 atom stereocenters. The summed E-state index contributed by atoms with van der Waals surface area (Å²) in [6.45, 7) is 6.82. The summed E-state index contributed by atoms with van der Waals surface area (Å²) in [6, 6.07) is 19.7. The van der Waals surface area contributed by atoms with Gasteiger partial charge in [0.1, 0.15) is 0 Å². The number of carbonyl (C=O) groups is 1. The van der Waals surface area contributed by atoms with Crippen molar-refractivity contribution in [2.45, 2.75) is 32.8 Å². The summed E-state index contributed by atoms with van der Waals surface area (Å²) in [5, 5.41) is 17.9. The van der Waals surface area contributed by atoms with E-state index in [4.69, 9.17) is 5.10 Å². The van der Waals surface area contributed by atoms with Crippen molar-refractivity contribution in [3.63, 3.8) is 0 Å². The molecule has 1 N–H and O–H groups in total. The van der Waals surface area contributed by atoms with Gasteiger partial charge in [-0.15, -0.1) is 0 Å². The molecule has 3 aromatic carbocycles. The Balaban J connectivity index is 1.69. The molecule has 1 aliphatic carbocycles. The van der Waals surface area contributed by atoms with Gasteiger partial charge in [0.25, 0.3) is 0 Å². The normalized spacial score (nSPS) is 18.9. The monoisotopic (exact) mass is 422 g/mol. The molecule has 0 aromatic heterocycles. The van der Waals surface area contributed by atoms with Crippen molar-refractivity contribution in [2.24, 2.45) is 5.10 Å². The molecular weight excluding hydrogens is 396 g/mol. The summed E-state index contributed by atoms with van der Waals surface area (Å²) in [7, 11) is 0. The fraction of sp³-hybridized carbons (Fsp3) is 0.214. The number of nitrogens with zero attached hydrogens (tertiary/aromatic N) is 2. The van der Waals surface area contributed by atoms with Gasteiger partial charge in [0, 0.05) is 29.2 Å². The predicted molar refractivity (Wildman–Crippen MR) is 129 cm³/mol. The van der Waals surface area contributed by atoms with E-state index in [1.54, 1.807) is 6.08 Å². The molecule has 1 aliphatic heterocycles. The Morgan fingerprint density at radius 2 is 1.56 bits per heavy atom. The van der Waals surface area contributed by atoms with E-state index < -0.39 is 6.10 Å². The van der Waals surface area contributed by atoms with Crippen LogP contribution in [0.1, 0.15) is 62.7 Å². The lowest BCUT2D eigenvalue weighted by atomic mass is 9.76. The number of ketones is 1. The van der Waals surface area contributed by atoms with Crippen molar-refractivity contribution in [1.29, 1.82) is 0 Å². The van der Waals surface area contributed by atoms with E-state index >= 15 is 0 Å². The maximum Gasteiger partial charge on any atom is 0.193 e. The van der Waals surface area contributed by atoms with Gasteiger partial charge in [0.15, 0.2) is 5.78 Å². The topological polar surface area (TPSA) is 52.9 Å². The molecule has 2 aliphatic rings. The van der Waals surface area contributed by atoms with Gasteiger partial charge >= 0.3 is 0 Å². The Hall–Kier alpha value is -3.50.